The number of unbranched alkanes of at least 4 members (excludes halogenated alkanes) is 33. The number of aliphatic hydroxyl groups is 11. The van der Waals surface area contributed by atoms with Gasteiger partial charge in [0.25, 0.3) is 0 Å². The van der Waals surface area contributed by atoms with E-state index >= 15 is 0 Å². The number of allylic oxidation sites excluding steroid dienone is 9. The molecule has 3 aliphatic heterocycles. The first-order chi connectivity index (χ1) is 45.3. The first-order valence-corrected chi connectivity index (χ1v) is 37.0. The summed E-state index contributed by atoms with van der Waals surface area (Å²) in [5.41, 5.74) is 0. The van der Waals surface area contributed by atoms with Crippen molar-refractivity contribution < 1.29 is 89.4 Å². The molecule has 19 heteroatoms. The highest BCUT2D eigenvalue weighted by Gasteiger charge is 2.53. The fourth-order valence-corrected chi connectivity index (χ4v) is 12.3. The summed E-state index contributed by atoms with van der Waals surface area (Å²) in [6.07, 6.45) is 42.0. The van der Waals surface area contributed by atoms with Crippen LogP contribution >= 0.6 is 0 Å². The number of nitrogens with one attached hydrogen (secondary N) is 1. The van der Waals surface area contributed by atoms with Crippen LogP contribution in [-0.4, -0.2) is 193 Å². The fraction of sp³-hybridized carbons (Fsp3) is 0.851. The Balaban J connectivity index is 1.44. The van der Waals surface area contributed by atoms with Gasteiger partial charge in [0.2, 0.25) is 5.91 Å². The predicted molar refractivity (Wildman–Crippen MR) is 365 cm³/mol. The smallest absolute Gasteiger partial charge is 0.220 e. The van der Waals surface area contributed by atoms with Gasteiger partial charge in [-0.2, -0.15) is 0 Å². The Labute approximate surface area is 560 Å². The third kappa shape index (κ3) is 36.8. The molecule has 0 aromatic carbocycles. The van der Waals surface area contributed by atoms with Crippen LogP contribution in [0.5, 0.6) is 0 Å². The van der Waals surface area contributed by atoms with E-state index in [1.807, 2.05) is 6.08 Å². The number of carbonyl (C=O) groups is 1. The van der Waals surface area contributed by atoms with E-state index in [0.717, 1.165) is 64.2 Å². The van der Waals surface area contributed by atoms with Gasteiger partial charge in [-0.3, -0.25) is 4.79 Å². The molecule has 0 radical (unpaired) electrons. The number of ether oxygens (including phenoxy) is 6. The van der Waals surface area contributed by atoms with Crippen molar-refractivity contribution in [3.63, 3.8) is 0 Å². The van der Waals surface area contributed by atoms with Crippen LogP contribution in [0.15, 0.2) is 60.8 Å². The van der Waals surface area contributed by atoms with Gasteiger partial charge in [-0.15, -0.1) is 0 Å². The number of rotatable bonds is 57. The van der Waals surface area contributed by atoms with Crippen LogP contribution in [0.1, 0.15) is 271 Å². The van der Waals surface area contributed by atoms with Crippen LogP contribution < -0.4 is 5.32 Å². The summed E-state index contributed by atoms with van der Waals surface area (Å²) in [6.45, 7) is 1.72. The molecule has 3 saturated heterocycles. The molecule has 0 aromatic heterocycles. The van der Waals surface area contributed by atoms with Crippen molar-refractivity contribution in [2.75, 3.05) is 26.4 Å². The molecule has 93 heavy (non-hydrogen) atoms. The quantitative estimate of drug-likeness (QED) is 0.0199. The van der Waals surface area contributed by atoms with E-state index in [9.17, 15) is 61.0 Å². The van der Waals surface area contributed by atoms with Crippen molar-refractivity contribution in [2.45, 2.75) is 375 Å². The topological polar surface area (TPSA) is 307 Å². The van der Waals surface area contributed by atoms with E-state index in [2.05, 4.69) is 67.8 Å². The Morgan fingerprint density at radius 2 is 0.720 bits per heavy atom. The second kappa shape index (κ2) is 55.4. The molecule has 3 heterocycles. The molecular weight excluding hydrogens is 1190 g/mol. The lowest BCUT2D eigenvalue weighted by atomic mass is 9.96. The Morgan fingerprint density at radius 3 is 1.14 bits per heavy atom. The lowest BCUT2D eigenvalue weighted by Gasteiger charge is -2.48. The standard InChI is InChI=1S/C74H133NO18/c1-3-5-7-9-11-13-15-17-19-21-23-25-27-28-30-31-33-35-37-39-41-43-45-47-49-51-58(79)57(75-62(80)52-50-48-46-44-42-40-38-36-34-32-29-26-24-22-20-18-16-14-12-10-8-6-4-2)56-88-72-68(86)65(83)70(60(54-77)90-72)93-74-69(87)66(84)71(61(55-78)91-74)92-73-67(85)64(82)63(81)59(53-76)89-73/h16,18,22,24,33,35,41,43,49,51,57-61,63-74,76-79,81-87H,3-15,17,19-21,23,25-32,34,36-40,42,44-48,50,52-56H2,1-2H3,(H,75,80)/b18-16-,24-22-,35-33+,43-41+,51-49+. The predicted octanol–water partition coefficient (Wildman–Crippen LogP) is 10.7. The molecule has 542 valence electrons. The van der Waals surface area contributed by atoms with Crippen molar-refractivity contribution in [1.29, 1.82) is 0 Å². The van der Waals surface area contributed by atoms with Gasteiger partial charge in [-0.25, -0.2) is 0 Å². The van der Waals surface area contributed by atoms with E-state index < -0.39 is 124 Å². The molecule has 3 rings (SSSR count). The number of carbonyl (C=O) groups excluding carboxylic acids is 1. The Kier molecular flexibility index (Phi) is 50.4. The van der Waals surface area contributed by atoms with Gasteiger partial charge < -0.3 is 89.9 Å². The Morgan fingerprint density at radius 1 is 0.387 bits per heavy atom. The van der Waals surface area contributed by atoms with E-state index in [1.165, 1.54) is 173 Å². The van der Waals surface area contributed by atoms with Crippen molar-refractivity contribution in [2.24, 2.45) is 0 Å². The maximum Gasteiger partial charge on any atom is 0.220 e. The first-order valence-electron chi connectivity index (χ1n) is 37.0. The van der Waals surface area contributed by atoms with E-state index in [4.69, 9.17) is 28.4 Å². The van der Waals surface area contributed by atoms with Gasteiger partial charge in [-0.1, -0.05) is 248 Å². The monoisotopic (exact) mass is 1320 g/mol. The zero-order valence-electron chi connectivity index (χ0n) is 57.5. The van der Waals surface area contributed by atoms with Crippen LogP contribution in [0, 0.1) is 0 Å². The third-order valence-electron chi connectivity index (χ3n) is 18.3. The maximum absolute atomic E-state index is 13.4. The molecule has 19 nitrogen and oxygen atoms in total. The van der Waals surface area contributed by atoms with Crippen LogP contribution in [0.4, 0.5) is 0 Å². The summed E-state index contributed by atoms with van der Waals surface area (Å²) in [6, 6.07) is -1.00. The summed E-state index contributed by atoms with van der Waals surface area (Å²) in [5, 5.41) is 121. The number of hydrogen-bond acceptors (Lipinski definition) is 18. The number of amides is 1. The number of hydrogen-bond donors (Lipinski definition) is 12. The highest BCUT2D eigenvalue weighted by molar-refractivity contribution is 5.76. The van der Waals surface area contributed by atoms with Gasteiger partial charge in [0.05, 0.1) is 38.6 Å². The highest BCUT2D eigenvalue weighted by atomic mass is 16.8. The van der Waals surface area contributed by atoms with E-state index in [-0.39, 0.29) is 18.9 Å². The number of aliphatic hydroxyl groups excluding tert-OH is 11. The summed E-state index contributed by atoms with van der Waals surface area (Å²) >= 11 is 0. The molecule has 0 bridgehead atoms. The highest BCUT2D eigenvalue weighted by Crippen LogP contribution is 2.33. The molecule has 0 aliphatic carbocycles. The van der Waals surface area contributed by atoms with Crippen LogP contribution in [0.25, 0.3) is 0 Å². The lowest BCUT2D eigenvalue weighted by Crippen LogP contribution is -2.66. The molecule has 12 N–H and O–H groups in total. The molecule has 1 amide bonds. The Bertz CT molecular complexity index is 1920. The van der Waals surface area contributed by atoms with Crippen molar-refractivity contribution in [1.82, 2.24) is 5.32 Å². The van der Waals surface area contributed by atoms with Gasteiger partial charge in [0.15, 0.2) is 18.9 Å². The minimum Gasteiger partial charge on any atom is -0.394 e. The summed E-state index contributed by atoms with van der Waals surface area (Å²) in [5.74, 6) is -0.291. The Hall–Kier alpha value is -2.51. The molecule has 17 unspecified atom stereocenters. The maximum atomic E-state index is 13.4. The summed E-state index contributed by atoms with van der Waals surface area (Å²) in [4.78, 5) is 13.4. The minimum atomic E-state index is -1.98. The zero-order valence-corrected chi connectivity index (χ0v) is 57.5. The van der Waals surface area contributed by atoms with Crippen molar-refractivity contribution in [3.8, 4) is 0 Å². The molecular formula is C74H133NO18. The molecule has 0 saturated carbocycles. The summed E-state index contributed by atoms with van der Waals surface area (Å²) in [7, 11) is 0. The largest absolute Gasteiger partial charge is 0.394 e. The van der Waals surface area contributed by atoms with Crippen molar-refractivity contribution >= 4 is 5.91 Å². The van der Waals surface area contributed by atoms with Gasteiger partial charge in [0.1, 0.15) is 73.2 Å². The van der Waals surface area contributed by atoms with Gasteiger partial charge in [0, 0.05) is 6.42 Å². The second-order valence-corrected chi connectivity index (χ2v) is 26.4. The third-order valence-corrected chi connectivity index (χ3v) is 18.3. The molecule has 3 aliphatic rings. The average molecular weight is 1320 g/mol. The van der Waals surface area contributed by atoms with E-state index in [0.29, 0.717) is 12.8 Å². The van der Waals surface area contributed by atoms with Crippen LogP contribution in [-0.2, 0) is 33.2 Å². The van der Waals surface area contributed by atoms with Gasteiger partial charge in [-0.05, 0) is 77.0 Å². The minimum absolute atomic E-state index is 0.228. The van der Waals surface area contributed by atoms with Crippen LogP contribution in [0.2, 0.25) is 0 Å². The van der Waals surface area contributed by atoms with Crippen molar-refractivity contribution in [3.05, 3.63) is 60.8 Å². The SMILES string of the molecule is CCCCCCC/C=C\C/C=C\CCCCCCCCCCCCCC(=O)NC(COC1OC(CO)C(OC2OC(CO)C(OC3OC(CO)C(O)C(O)C3O)C(O)C2O)C(O)C1O)C(O)/C=C/CC/C=C/CC/C=C/CCCCCCCCCCCCCCCCC. The first kappa shape index (κ1) is 84.7. The normalized spacial score (nSPS) is 27.9. The molecule has 0 aromatic rings. The fourth-order valence-electron chi connectivity index (χ4n) is 12.3. The molecule has 3 fully saturated rings. The van der Waals surface area contributed by atoms with Gasteiger partial charge >= 0.3 is 0 Å². The van der Waals surface area contributed by atoms with Crippen LogP contribution in [0.3, 0.4) is 0 Å². The lowest BCUT2D eigenvalue weighted by molar-refractivity contribution is -0.379. The molecule has 0 spiro atoms. The van der Waals surface area contributed by atoms with E-state index in [1.54, 1.807) is 6.08 Å². The average Bonchev–Trinajstić information content (AvgIpc) is 0.814. The second-order valence-electron chi connectivity index (χ2n) is 26.4. The molecule has 17 atom stereocenters. The zero-order chi connectivity index (χ0) is 67.5. The summed E-state index contributed by atoms with van der Waals surface area (Å²) < 4.78 is 34.4.